The van der Waals surface area contributed by atoms with Crippen LogP contribution < -0.4 is 0 Å². The van der Waals surface area contributed by atoms with E-state index < -0.39 is 5.97 Å². The fourth-order valence-corrected chi connectivity index (χ4v) is 3.97. The zero-order valence-electron chi connectivity index (χ0n) is 14.8. The van der Waals surface area contributed by atoms with Gasteiger partial charge in [0, 0.05) is 12.3 Å². The lowest BCUT2D eigenvalue weighted by Crippen LogP contribution is -2.14. The zero-order chi connectivity index (χ0) is 17.8. The van der Waals surface area contributed by atoms with E-state index in [4.69, 9.17) is 5.11 Å². The average molecular weight is 357 g/mol. The number of ketones is 1. The number of hydrogen-bond donors (Lipinski definition) is 2. The van der Waals surface area contributed by atoms with Crippen LogP contribution in [0.15, 0.2) is 12.2 Å². The van der Waals surface area contributed by atoms with Gasteiger partial charge in [-0.25, -0.2) is 0 Å². The van der Waals surface area contributed by atoms with Crippen molar-refractivity contribution >= 4 is 23.5 Å². The summed E-state index contributed by atoms with van der Waals surface area (Å²) in [6.45, 7) is 2.15. The first-order valence-electron chi connectivity index (χ1n) is 9.23. The van der Waals surface area contributed by atoms with Crippen LogP contribution in [0.2, 0.25) is 0 Å². The van der Waals surface area contributed by atoms with E-state index in [0.717, 1.165) is 57.1 Å². The van der Waals surface area contributed by atoms with Gasteiger partial charge in [0.05, 0.1) is 11.9 Å². The normalized spacial score (nSPS) is 22.3. The number of unbranched alkanes of at least 4 members (excludes halogenated alkanes) is 3. The Hall–Kier alpha value is -0.810. The maximum absolute atomic E-state index is 12.1. The van der Waals surface area contributed by atoms with Gasteiger partial charge < -0.3 is 10.2 Å². The molecule has 1 fully saturated rings. The molecule has 1 saturated carbocycles. The maximum Gasteiger partial charge on any atom is 0.313 e. The van der Waals surface area contributed by atoms with Gasteiger partial charge in [0.1, 0.15) is 5.78 Å². The van der Waals surface area contributed by atoms with Crippen molar-refractivity contribution in [3.63, 3.8) is 0 Å². The molecule has 0 bridgehead atoms. The van der Waals surface area contributed by atoms with Gasteiger partial charge in [-0.05, 0) is 37.4 Å². The first-order valence-corrected chi connectivity index (χ1v) is 10.4. The number of hydrogen-bond acceptors (Lipinski definition) is 4. The van der Waals surface area contributed by atoms with E-state index in [1.165, 1.54) is 11.8 Å². The van der Waals surface area contributed by atoms with Crippen molar-refractivity contribution in [1.82, 2.24) is 0 Å². The summed E-state index contributed by atoms with van der Waals surface area (Å²) in [5.74, 6) is 0.934. The van der Waals surface area contributed by atoms with Gasteiger partial charge in [0.25, 0.3) is 0 Å². The van der Waals surface area contributed by atoms with Gasteiger partial charge in [0.15, 0.2) is 0 Å². The molecule has 0 aromatic carbocycles. The van der Waals surface area contributed by atoms with Crippen LogP contribution in [0.25, 0.3) is 0 Å². The van der Waals surface area contributed by atoms with Crippen molar-refractivity contribution in [2.75, 3.05) is 11.5 Å². The van der Waals surface area contributed by atoms with E-state index in [2.05, 4.69) is 13.0 Å². The number of rotatable bonds is 13. The van der Waals surface area contributed by atoms with Crippen LogP contribution in [0, 0.1) is 11.8 Å². The van der Waals surface area contributed by atoms with Gasteiger partial charge in [0.2, 0.25) is 0 Å². The molecule has 138 valence electrons. The number of aliphatic hydroxyl groups is 1. The molecule has 1 unspecified atom stereocenters. The molecule has 24 heavy (non-hydrogen) atoms. The van der Waals surface area contributed by atoms with Gasteiger partial charge in [-0.2, -0.15) is 11.8 Å². The molecular weight excluding hydrogens is 324 g/mol. The number of carbonyl (C=O) groups excluding carboxylic acids is 1. The molecule has 0 radical (unpaired) electrons. The molecule has 1 aliphatic rings. The van der Waals surface area contributed by atoms with E-state index in [1.54, 1.807) is 0 Å². The predicted octanol–water partition coefficient (Wildman–Crippen LogP) is 4.07. The van der Waals surface area contributed by atoms with Crippen LogP contribution in [0.3, 0.4) is 0 Å². The smallest absolute Gasteiger partial charge is 0.313 e. The summed E-state index contributed by atoms with van der Waals surface area (Å²) in [5, 5.41) is 18.6. The summed E-state index contributed by atoms with van der Waals surface area (Å²) in [6.07, 6.45) is 12.1. The van der Waals surface area contributed by atoms with Gasteiger partial charge in [-0.1, -0.05) is 44.8 Å². The average Bonchev–Trinajstić information content (AvgIpc) is 2.89. The number of thioether (sulfide) groups is 1. The molecule has 3 atom stereocenters. The highest BCUT2D eigenvalue weighted by molar-refractivity contribution is 7.99. The van der Waals surface area contributed by atoms with Crippen LogP contribution in [-0.2, 0) is 9.59 Å². The summed E-state index contributed by atoms with van der Waals surface area (Å²) >= 11 is 1.44. The Morgan fingerprint density at radius 1 is 1.33 bits per heavy atom. The number of carbonyl (C=O) groups is 2. The summed E-state index contributed by atoms with van der Waals surface area (Å²) in [5.41, 5.74) is 0. The van der Waals surface area contributed by atoms with E-state index in [9.17, 15) is 14.7 Å². The SMILES string of the molecule is CCCCC[C@H](O)/C=C/C1CCC(=O)[C@@H]1CCCCSCC(=O)O. The lowest BCUT2D eigenvalue weighted by atomic mass is 9.89. The molecule has 2 N–H and O–H groups in total. The number of carboxylic acid groups (broad SMARTS) is 1. The molecule has 0 aliphatic heterocycles. The summed E-state index contributed by atoms with van der Waals surface area (Å²) < 4.78 is 0. The highest BCUT2D eigenvalue weighted by Gasteiger charge is 2.32. The summed E-state index contributed by atoms with van der Waals surface area (Å²) in [6, 6.07) is 0. The lowest BCUT2D eigenvalue weighted by Gasteiger charge is -2.15. The number of Topliss-reactive ketones (excluding diaryl/α,β-unsaturated/α-hetero) is 1. The Balaban J connectivity index is 2.28. The van der Waals surface area contributed by atoms with Crippen molar-refractivity contribution in [2.45, 2.75) is 70.8 Å². The molecule has 0 heterocycles. The summed E-state index contributed by atoms with van der Waals surface area (Å²) in [7, 11) is 0. The second kappa shape index (κ2) is 12.5. The molecule has 0 aromatic heterocycles. The molecular formula is C19H32O4S. The predicted molar refractivity (Wildman–Crippen MR) is 99.3 cm³/mol. The minimum absolute atomic E-state index is 0.0913. The van der Waals surface area contributed by atoms with Crippen LogP contribution in [0.4, 0.5) is 0 Å². The number of allylic oxidation sites excluding steroid dienone is 1. The fraction of sp³-hybridized carbons (Fsp3) is 0.789. The van der Waals surface area contributed by atoms with E-state index in [0.29, 0.717) is 12.2 Å². The minimum atomic E-state index is -0.770. The number of aliphatic carboxylic acids is 1. The Morgan fingerprint density at radius 3 is 2.83 bits per heavy atom. The third-order valence-corrected chi connectivity index (χ3v) is 5.65. The molecule has 0 saturated heterocycles. The quantitative estimate of drug-likeness (QED) is 0.384. The minimum Gasteiger partial charge on any atom is -0.481 e. The summed E-state index contributed by atoms with van der Waals surface area (Å²) in [4.78, 5) is 22.5. The van der Waals surface area contributed by atoms with Gasteiger partial charge >= 0.3 is 5.97 Å². The molecule has 4 nitrogen and oxygen atoms in total. The van der Waals surface area contributed by atoms with Gasteiger partial charge in [-0.15, -0.1) is 0 Å². The number of carboxylic acids is 1. The fourth-order valence-electron chi connectivity index (χ4n) is 3.24. The van der Waals surface area contributed by atoms with Crippen molar-refractivity contribution in [3.8, 4) is 0 Å². The topological polar surface area (TPSA) is 74.6 Å². The molecule has 5 heteroatoms. The maximum atomic E-state index is 12.1. The van der Waals surface area contributed by atoms with E-state index in [1.807, 2.05) is 6.08 Å². The Labute approximate surface area is 150 Å². The van der Waals surface area contributed by atoms with Crippen LogP contribution >= 0.6 is 11.8 Å². The van der Waals surface area contributed by atoms with Gasteiger partial charge in [-0.3, -0.25) is 9.59 Å². The monoisotopic (exact) mass is 356 g/mol. The number of aliphatic hydroxyl groups excluding tert-OH is 1. The van der Waals surface area contributed by atoms with Crippen molar-refractivity contribution in [1.29, 1.82) is 0 Å². The van der Waals surface area contributed by atoms with Crippen LogP contribution in [0.5, 0.6) is 0 Å². The van der Waals surface area contributed by atoms with Crippen molar-refractivity contribution < 1.29 is 19.8 Å². The third-order valence-electron chi connectivity index (χ3n) is 4.62. The molecule has 0 amide bonds. The molecule has 1 rings (SSSR count). The van der Waals surface area contributed by atoms with Crippen LogP contribution in [-0.4, -0.2) is 39.6 Å². The Morgan fingerprint density at radius 2 is 2.12 bits per heavy atom. The molecule has 1 aliphatic carbocycles. The highest BCUT2D eigenvalue weighted by atomic mass is 32.2. The lowest BCUT2D eigenvalue weighted by molar-refractivity contribution is -0.133. The molecule has 0 spiro atoms. The largest absolute Gasteiger partial charge is 0.481 e. The first kappa shape index (κ1) is 21.2. The highest BCUT2D eigenvalue weighted by Crippen LogP contribution is 2.34. The third kappa shape index (κ3) is 8.88. The van der Waals surface area contributed by atoms with Crippen LogP contribution in [0.1, 0.15) is 64.7 Å². The standard InChI is InChI=1S/C19H32O4S/c1-2-3-4-7-16(20)11-9-15-10-12-18(21)17(15)8-5-6-13-24-14-19(22)23/h9,11,15-17,20H,2-8,10,12-14H2,1H3,(H,22,23)/b11-9+/t15?,16-,17+/m0/s1. The second-order valence-electron chi connectivity index (χ2n) is 6.67. The Bertz CT molecular complexity index is 408. The molecule has 0 aromatic rings. The van der Waals surface area contributed by atoms with E-state index in [-0.39, 0.29) is 23.7 Å². The zero-order valence-corrected chi connectivity index (χ0v) is 15.6. The second-order valence-corrected chi connectivity index (χ2v) is 7.77. The van der Waals surface area contributed by atoms with Crippen molar-refractivity contribution in [3.05, 3.63) is 12.2 Å². The van der Waals surface area contributed by atoms with Crippen molar-refractivity contribution in [2.24, 2.45) is 11.8 Å². The Kier molecular flexibility index (Phi) is 11.1. The van der Waals surface area contributed by atoms with E-state index >= 15 is 0 Å². The first-order chi connectivity index (χ1) is 11.5.